The lowest BCUT2D eigenvalue weighted by molar-refractivity contribution is -0.147. The molecule has 21 heavy (non-hydrogen) atoms. The third kappa shape index (κ3) is 5.87. The lowest BCUT2D eigenvalue weighted by atomic mass is 9.98. The van der Waals surface area contributed by atoms with Gasteiger partial charge in [-0.1, -0.05) is 20.3 Å². The minimum Gasteiger partial charge on any atom is -0.464 e. The van der Waals surface area contributed by atoms with Gasteiger partial charge in [-0.15, -0.1) is 0 Å². The highest BCUT2D eigenvalue weighted by Gasteiger charge is 2.30. The van der Waals surface area contributed by atoms with Crippen LogP contribution >= 0.6 is 11.8 Å². The van der Waals surface area contributed by atoms with Gasteiger partial charge in [-0.2, -0.15) is 11.8 Å². The van der Waals surface area contributed by atoms with Crippen LogP contribution in [0.15, 0.2) is 0 Å². The van der Waals surface area contributed by atoms with Crippen molar-refractivity contribution in [3.8, 4) is 0 Å². The summed E-state index contributed by atoms with van der Waals surface area (Å²) >= 11 is 1.86. The normalized spacial score (nSPS) is 22.4. The number of hydrogen-bond donors (Lipinski definition) is 2. The van der Waals surface area contributed by atoms with Gasteiger partial charge in [-0.3, -0.25) is 4.79 Å². The maximum atomic E-state index is 12.2. The maximum absolute atomic E-state index is 12.2. The van der Waals surface area contributed by atoms with Crippen LogP contribution in [0, 0.1) is 5.92 Å². The van der Waals surface area contributed by atoms with Gasteiger partial charge in [-0.25, -0.2) is 4.79 Å². The van der Waals surface area contributed by atoms with E-state index in [4.69, 9.17) is 10.5 Å². The van der Waals surface area contributed by atoms with Crippen LogP contribution in [0.5, 0.6) is 0 Å². The molecule has 0 saturated carbocycles. The van der Waals surface area contributed by atoms with Gasteiger partial charge in [0.25, 0.3) is 0 Å². The van der Waals surface area contributed by atoms with Crippen molar-refractivity contribution in [1.82, 2.24) is 5.32 Å². The number of rotatable bonds is 8. The van der Waals surface area contributed by atoms with E-state index in [1.807, 2.05) is 25.6 Å². The number of hydrogen-bond acceptors (Lipinski definition) is 5. The van der Waals surface area contributed by atoms with Crippen molar-refractivity contribution in [3.63, 3.8) is 0 Å². The van der Waals surface area contributed by atoms with Gasteiger partial charge >= 0.3 is 5.97 Å². The van der Waals surface area contributed by atoms with Gasteiger partial charge in [0.15, 0.2) is 0 Å². The molecule has 1 aliphatic rings. The Labute approximate surface area is 131 Å². The first kappa shape index (κ1) is 18.3. The molecule has 1 amide bonds. The highest BCUT2D eigenvalue weighted by atomic mass is 32.2. The van der Waals surface area contributed by atoms with Crippen molar-refractivity contribution in [2.24, 2.45) is 11.7 Å². The van der Waals surface area contributed by atoms with E-state index in [-0.39, 0.29) is 17.8 Å². The first-order valence-corrected chi connectivity index (χ1v) is 8.88. The Bertz CT molecular complexity index is 346. The lowest BCUT2D eigenvalue weighted by Crippen LogP contribution is -2.51. The van der Waals surface area contributed by atoms with Crippen molar-refractivity contribution in [1.29, 1.82) is 0 Å². The Hall–Kier alpha value is -0.750. The molecule has 1 saturated heterocycles. The van der Waals surface area contributed by atoms with Gasteiger partial charge in [0.05, 0.1) is 12.6 Å². The minimum absolute atomic E-state index is 0.0914. The third-order valence-corrected chi connectivity index (χ3v) is 5.39. The molecule has 3 N–H and O–H groups in total. The number of carbonyl (C=O) groups excluding carboxylic acids is 2. The number of ether oxygens (including phenoxy) is 1. The summed E-state index contributed by atoms with van der Waals surface area (Å²) in [5.74, 6) is 0.606. The largest absolute Gasteiger partial charge is 0.464 e. The summed E-state index contributed by atoms with van der Waals surface area (Å²) in [4.78, 5) is 24.2. The number of amides is 1. The fourth-order valence-electron chi connectivity index (χ4n) is 2.33. The van der Waals surface area contributed by atoms with E-state index in [0.717, 1.165) is 18.6 Å². The van der Waals surface area contributed by atoms with Crippen molar-refractivity contribution in [3.05, 3.63) is 0 Å². The monoisotopic (exact) mass is 316 g/mol. The van der Waals surface area contributed by atoms with Crippen LogP contribution in [0.2, 0.25) is 0 Å². The van der Waals surface area contributed by atoms with Crippen molar-refractivity contribution in [2.45, 2.75) is 63.8 Å². The molecule has 5 nitrogen and oxygen atoms in total. The van der Waals surface area contributed by atoms with Gasteiger partial charge in [-0.05, 0) is 37.9 Å². The molecule has 0 radical (unpaired) electrons. The first-order valence-electron chi connectivity index (χ1n) is 7.83. The van der Waals surface area contributed by atoms with E-state index < -0.39 is 12.1 Å². The topological polar surface area (TPSA) is 81.4 Å². The quantitative estimate of drug-likeness (QED) is 0.666. The molecular weight excluding hydrogens is 288 g/mol. The number of nitrogens with one attached hydrogen (secondary N) is 1. The Balaban J connectivity index is 2.62. The molecule has 0 aromatic carbocycles. The van der Waals surface area contributed by atoms with Crippen LogP contribution in [-0.4, -0.2) is 41.6 Å². The average molecular weight is 316 g/mol. The van der Waals surface area contributed by atoms with Crippen molar-refractivity contribution in [2.75, 3.05) is 12.4 Å². The van der Waals surface area contributed by atoms with E-state index in [2.05, 4.69) is 5.32 Å². The van der Waals surface area contributed by atoms with Crippen LogP contribution < -0.4 is 11.1 Å². The zero-order valence-electron chi connectivity index (χ0n) is 13.3. The molecule has 1 heterocycles. The third-order valence-electron chi connectivity index (χ3n) is 3.97. The molecular formula is C15H28N2O3S. The van der Waals surface area contributed by atoms with Crippen LogP contribution in [0.1, 0.15) is 46.5 Å². The van der Waals surface area contributed by atoms with Crippen LogP contribution in [0.3, 0.4) is 0 Å². The van der Waals surface area contributed by atoms with E-state index in [1.54, 1.807) is 6.92 Å². The molecule has 1 fully saturated rings. The second kappa shape index (κ2) is 9.30. The van der Waals surface area contributed by atoms with Gasteiger partial charge in [0.2, 0.25) is 5.91 Å². The zero-order chi connectivity index (χ0) is 15.8. The summed E-state index contributed by atoms with van der Waals surface area (Å²) in [5, 5.41) is 3.21. The van der Waals surface area contributed by atoms with Crippen molar-refractivity contribution < 1.29 is 14.3 Å². The summed E-state index contributed by atoms with van der Waals surface area (Å²) in [5.41, 5.74) is 5.93. The number of carbonyl (C=O) groups is 2. The van der Waals surface area contributed by atoms with E-state index in [9.17, 15) is 9.59 Å². The number of esters is 1. The average Bonchev–Trinajstić information content (AvgIpc) is 2.98. The number of nitrogens with two attached hydrogens (primary N) is 1. The highest BCUT2D eigenvalue weighted by Crippen LogP contribution is 2.29. The summed E-state index contributed by atoms with van der Waals surface area (Å²) in [6.07, 6.45) is 3.72. The fourth-order valence-corrected chi connectivity index (χ4v) is 3.66. The molecule has 0 spiro atoms. The summed E-state index contributed by atoms with van der Waals surface area (Å²) in [6.45, 7) is 6.03. The Kier molecular flexibility index (Phi) is 8.11. The van der Waals surface area contributed by atoms with E-state index in [0.29, 0.717) is 18.3 Å². The Morgan fingerprint density at radius 1 is 1.43 bits per heavy atom. The number of thioether (sulfide) groups is 1. The molecule has 0 aromatic heterocycles. The molecule has 0 aliphatic carbocycles. The molecule has 1 rings (SSSR count). The summed E-state index contributed by atoms with van der Waals surface area (Å²) in [7, 11) is 0. The predicted octanol–water partition coefficient (Wildman–Crippen LogP) is 1.69. The highest BCUT2D eigenvalue weighted by molar-refractivity contribution is 8.00. The Morgan fingerprint density at radius 3 is 2.67 bits per heavy atom. The molecule has 0 aromatic rings. The molecule has 1 unspecified atom stereocenters. The second-order valence-corrected chi connectivity index (χ2v) is 7.00. The lowest BCUT2D eigenvalue weighted by Gasteiger charge is -2.24. The van der Waals surface area contributed by atoms with Gasteiger partial charge in [0, 0.05) is 5.25 Å². The van der Waals surface area contributed by atoms with Crippen LogP contribution in [-0.2, 0) is 14.3 Å². The second-order valence-electron chi connectivity index (χ2n) is 5.60. The molecule has 122 valence electrons. The predicted molar refractivity (Wildman–Crippen MR) is 86.1 cm³/mol. The standard InChI is InChI=1S/C15H28N2O3S/c1-4-10(3)13(16)14(18)17-12(15(19)20-5-2)9-11-7-6-8-21-11/h10-13H,4-9,16H2,1-3H3,(H,17,18)/t10?,11-,12-,13-/m0/s1. The fraction of sp³-hybridized carbons (Fsp3) is 0.867. The van der Waals surface area contributed by atoms with Crippen LogP contribution in [0.25, 0.3) is 0 Å². The molecule has 1 aliphatic heterocycles. The van der Waals surface area contributed by atoms with E-state index >= 15 is 0 Å². The maximum Gasteiger partial charge on any atom is 0.328 e. The summed E-state index contributed by atoms with van der Waals surface area (Å²) < 4.78 is 5.08. The van der Waals surface area contributed by atoms with Crippen LogP contribution in [0.4, 0.5) is 0 Å². The van der Waals surface area contributed by atoms with Gasteiger partial charge in [0.1, 0.15) is 6.04 Å². The van der Waals surface area contributed by atoms with Gasteiger partial charge < -0.3 is 15.8 Å². The smallest absolute Gasteiger partial charge is 0.328 e. The molecule has 4 atom stereocenters. The Morgan fingerprint density at radius 2 is 2.14 bits per heavy atom. The minimum atomic E-state index is -0.580. The SMILES string of the molecule is CCOC(=O)[C@H](C[C@@H]1CCCS1)NC(=O)[C@@H](N)C(C)CC. The van der Waals surface area contributed by atoms with Crippen molar-refractivity contribution >= 4 is 23.6 Å². The van der Waals surface area contributed by atoms with E-state index in [1.165, 1.54) is 6.42 Å². The first-order chi connectivity index (χ1) is 9.99. The molecule has 6 heteroatoms. The summed E-state index contributed by atoms with van der Waals surface area (Å²) in [6, 6.07) is -1.16. The molecule has 0 bridgehead atoms. The zero-order valence-corrected chi connectivity index (χ0v) is 14.1.